The van der Waals surface area contributed by atoms with Crippen LogP contribution < -0.4 is 15.0 Å². The van der Waals surface area contributed by atoms with Crippen molar-refractivity contribution in [3.8, 4) is 5.75 Å². The second-order valence-electron chi connectivity index (χ2n) is 7.00. The summed E-state index contributed by atoms with van der Waals surface area (Å²) in [5.74, 6) is -0.406. The number of likely N-dealkylation sites (N-methyl/N-ethyl adjacent to an activating group) is 1. The van der Waals surface area contributed by atoms with E-state index < -0.39 is 5.82 Å². The Morgan fingerprint density at radius 1 is 1.14 bits per heavy atom. The molecule has 150 valence electrons. The standard InChI is InChI=1S/C22H28FN3O2/c1-3-25-11-13-26(14-12-25)18-8-9-20(17(2)16-18)24-22(27)10-15-28-21-7-5-4-6-19(21)23/h4-9,16H,3,10-15H2,1-2H3,(H,24,27). The van der Waals surface area contributed by atoms with E-state index in [0.29, 0.717) is 0 Å². The van der Waals surface area contributed by atoms with Crippen molar-refractivity contribution in [2.24, 2.45) is 0 Å². The largest absolute Gasteiger partial charge is 0.490 e. The summed E-state index contributed by atoms with van der Waals surface area (Å²) in [6.07, 6.45) is 0.161. The first-order valence-corrected chi connectivity index (χ1v) is 9.82. The SMILES string of the molecule is CCN1CCN(c2ccc(NC(=O)CCOc3ccccc3F)c(C)c2)CC1. The fourth-order valence-electron chi connectivity index (χ4n) is 3.34. The van der Waals surface area contributed by atoms with Gasteiger partial charge in [0, 0.05) is 37.6 Å². The highest BCUT2D eigenvalue weighted by atomic mass is 19.1. The van der Waals surface area contributed by atoms with Gasteiger partial charge in [-0.2, -0.15) is 0 Å². The van der Waals surface area contributed by atoms with Crippen LogP contribution in [-0.4, -0.2) is 50.1 Å². The van der Waals surface area contributed by atoms with Crippen molar-refractivity contribution in [1.29, 1.82) is 0 Å². The van der Waals surface area contributed by atoms with E-state index in [0.717, 1.165) is 44.0 Å². The molecule has 1 heterocycles. The molecule has 2 aromatic rings. The van der Waals surface area contributed by atoms with E-state index in [9.17, 15) is 9.18 Å². The van der Waals surface area contributed by atoms with Gasteiger partial charge in [0.1, 0.15) is 0 Å². The monoisotopic (exact) mass is 385 g/mol. The highest BCUT2D eigenvalue weighted by Gasteiger charge is 2.16. The maximum Gasteiger partial charge on any atom is 0.227 e. The number of para-hydroxylation sites is 1. The zero-order chi connectivity index (χ0) is 19.9. The Bertz CT molecular complexity index is 804. The van der Waals surface area contributed by atoms with E-state index in [4.69, 9.17) is 4.74 Å². The summed E-state index contributed by atoms with van der Waals surface area (Å²) in [5.41, 5.74) is 3.01. The molecule has 0 aromatic heterocycles. The van der Waals surface area contributed by atoms with Gasteiger partial charge in [0.05, 0.1) is 13.0 Å². The lowest BCUT2D eigenvalue weighted by Crippen LogP contribution is -2.46. The summed E-state index contributed by atoms with van der Waals surface area (Å²) in [7, 11) is 0. The zero-order valence-electron chi connectivity index (χ0n) is 16.6. The molecule has 1 amide bonds. The number of rotatable bonds is 7. The molecule has 1 fully saturated rings. The van der Waals surface area contributed by atoms with Gasteiger partial charge in [0.25, 0.3) is 0 Å². The molecule has 0 saturated carbocycles. The van der Waals surface area contributed by atoms with Gasteiger partial charge in [-0.3, -0.25) is 4.79 Å². The number of anilines is 2. The topological polar surface area (TPSA) is 44.8 Å². The summed E-state index contributed by atoms with van der Waals surface area (Å²) in [6, 6.07) is 12.3. The number of carbonyl (C=O) groups is 1. The molecular formula is C22H28FN3O2. The van der Waals surface area contributed by atoms with Crippen LogP contribution in [0.25, 0.3) is 0 Å². The van der Waals surface area contributed by atoms with Crippen molar-refractivity contribution in [3.05, 3.63) is 53.8 Å². The van der Waals surface area contributed by atoms with E-state index in [1.54, 1.807) is 18.2 Å². The predicted octanol–water partition coefficient (Wildman–Crippen LogP) is 3.68. The van der Waals surface area contributed by atoms with Crippen molar-refractivity contribution >= 4 is 17.3 Å². The minimum Gasteiger partial charge on any atom is -0.490 e. The number of halogens is 1. The molecule has 0 spiro atoms. The molecule has 0 atom stereocenters. The van der Waals surface area contributed by atoms with E-state index in [1.807, 2.05) is 13.0 Å². The quantitative estimate of drug-likeness (QED) is 0.790. The predicted molar refractivity (Wildman–Crippen MR) is 111 cm³/mol. The Morgan fingerprint density at radius 3 is 2.57 bits per heavy atom. The minimum atomic E-state index is -0.422. The smallest absolute Gasteiger partial charge is 0.227 e. The lowest BCUT2D eigenvalue weighted by atomic mass is 10.1. The molecule has 1 aliphatic rings. The van der Waals surface area contributed by atoms with Crippen molar-refractivity contribution < 1.29 is 13.9 Å². The van der Waals surface area contributed by atoms with Crippen molar-refractivity contribution in [3.63, 3.8) is 0 Å². The number of hydrogen-bond donors (Lipinski definition) is 1. The summed E-state index contributed by atoms with van der Waals surface area (Å²) in [5, 5.41) is 2.92. The maximum absolute atomic E-state index is 13.5. The van der Waals surface area contributed by atoms with E-state index in [-0.39, 0.29) is 24.7 Å². The molecule has 6 heteroatoms. The van der Waals surface area contributed by atoms with Gasteiger partial charge in [0.15, 0.2) is 11.6 Å². The van der Waals surface area contributed by atoms with E-state index in [1.165, 1.54) is 11.8 Å². The lowest BCUT2D eigenvalue weighted by Gasteiger charge is -2.35. The third-order valence-electron chi connectivity index (χ3n) is 5.09. The third-order valence-corrected chi connectivity index (χ3v) is 5.09. The van der Waals surface area contributed by atoms with E-state index in [2.05, 4.69) is 34.2 Å². The van der Waals surface area contributed by atoms with Crippen LogP contribution in [0.15, 0.2) is 42.5 Å². The third kappa shape index (κ3) is 5.23. The van der Waals surface area contributed by atoms with Gasteiger partial charge in [-0.25, -0.2) is 4.39 Å². The highest BCUT2D eigenvalue weighted by Crippen LogP contribution is 2.24. The first kappa shape index (κ1) is 20.1. The number of nitrogens with zero attached hydrogens (tertiary/aromatic N) is 2. The van der Waals surface area contributed by atoms with Crippen LogP contribution in [0, 0.1) is 12.7 Å². The summed E-state index contributed by atoms with van der Waals surface area (Å²) < 4.78 is 18.9. The average Bonchev–Trinajstić information content (AvgIpc) is 2.71. The fraction of sp³-hybridized carbons (Fsp3) is 0.409. The van der Waals surface area contributed by atoms with Gasteiger partial charge in [-0.1, -0.05) is 19.1 Å². The van der Waals surface area contributed by atoms with Crippen LogP contribution in [0.5, 0.6) is 5.75 Å². The Balaban J connectivity index is 1.50. The van der Waals surface area contributed by atoms with Crippen LogP contribution in [0.2, 0.25) is 0 Å². The number of piperazine rings is 1. The number of nitrogens with one attached hydrogen (secondary N) is 1. The first-order chi connectivity index (χ1) is 13.6. The number of hydrogen-bond acceptors (Lipinski definition) is 4. The molecule has 1 saturated heterocycles. The van der Waals surface area contributed by atoms with Crippen LogP contribution in [0.3, 0.4) is 0 Å². The number of amides is 1. The second-order valence-corrected chi connectivity index (χ2v) is 7.00. The van der Waals surface area contributed by atoms with Crippen LogP contribution >= 0.6 is 0 Å². The molecule has 0 aliphatic carbocycles. The number of ether oxygens (including phenoxy) is 1. The Kier molecular flexibility index (Phi) is 6.87. The van der Waals surface area contributed by atoms with Crippen molar-refractivity contribution in [1.82, 2.24) is 4.90 Å². The maximum atomic E-state index is 13.5. The number of carbonyl (C=O) groups excluding carboxylic acids is 1. The fourth-order valence-corrected chi connectivity index (χ4v) is 3.34. The van der Waals surface area contributed by atoms with Gasteiger partial charge in [0.2, 0.25) is 5.91 Å². The number of benzene rings is 2. The van der Waals surface area contributed by atoms with Crippen molar-refractivity contribution in [2.45, 2.75) is 20.3 Å². The molecular weight excluding hydrogens is 357 g/mol. The molecule has 1 aliphatic heterocycles. The molecule has 5 nitrogen and oxygen atoms in total. The number of aryl methyl sites for hydroxylation is 1. The van der Waals surface area contributed by atoms with Crippen LogP contribution in [0.1, 0.15) is 18.9 Å². The Morgan fingerprint density at radius 2 is 1.89 bits per heavy atom. The average molecular weight is 385 g/mol. The molecule has 0 unspecified atom stereocenters. The highest BCUT2D eigenvalue weighted by molar-refractivity contribution is 5.91. The van der Waals surface area contributed by atoms with Gasteiger partial charge < -0.3 is 19.9 Å². The van der Waals surface area contributed by atoms with Crippen molar-refractivity contribution in [2.75, 3.05) is 49.5 Å². The molecule has 1 N–H and O–H groups in total. The lowest BCUT2D eigenvalue weighted by molar-refractivity contribution is -0.116. The molecule has 0 radical (unpaired) electrons. The summed E-state index contributed by atoms with van der Waals surface area (Å²) in [4.78, 5) is 17.0. The van der Waals surface area contributed by atoms with Gasteiger partial charge in [-0.15, -0.1) is 0 Å². The molecule has 0 bridgehead atoms. The molecule has 2 aromatic carbocycles. The van der Waals surface area contributed by atoms with Gasteiger partial charge >= 0.3 is 0 Å². The molecule has 3 rings (SSSR count). The van der Waals surface area contributed by atoms with Crippen LogP contribution in [0.4, 0.5) is 15.8 Å². The minimum absolute atomic E-state index is 0.131. The Labute approximate surface area is 166 Å². The van der Waals surface area contributed by atoms with Gasteiger partial charge in [-0.05, 0) is 49.4 Å². The normalized spacial score (nSPS) is 14.8. The summed E-state index contributed by atoms with van der Waals surface area (Å²) >= 11 is 0. The summed E-state index contributed by atoms with van der Waals surface area (Å²) in [6.45, 7) is 9.62. The zero-order valence-corrected chi connectivity index (χ0v) is 16.6. The second kappa shape index (κ2) is 9.55. The van der Waals surface area contributed by atoms with Crippen LogP contribution in [-0.2, 0) is 4.79 Å². The Hall–Kier alpha value is -2.60. The first-order valence-electron chi connectivity index (χ1n) is 9.82. The molecule has 28 heavy (non-hydrogen) atoms. The van der Waals surface area contributed by atoms with E-state index >= 15 is 0 Å².